The van der Waals surface area contributed by atoms with Crippen molar-refractivity contribution in [3.05, 3.63) is 29.3 Å². The van der Waals surface area contributed by atoms with E-state index in [-0.39, 0.29) is 10.5 Å². The van der Waals surface area contributed by atoms with E-state index in [1.165, 1.54) is 6.07 Å². The number of carbonyl (C=O) groups is 1. The Bertz CT molecular complexity index is 575. The van der Waals surface area contributed by atoms with Crippen LogP contribution in [-0.2, 0) is 10.0 Å². The summed E-state index contributed by atoms with van der Waals surface area (Å²) in [4.78, 5) is 11.8. The normalized spacial score (nSPS) is 17.0. The SMILES string of the molecule is CC(=S)c1cccc2c1S(=O)(=O)NC2=O. The minimum atomic E-state index is -3.72. The molecule has 0 fully saturated rings. The molecule has 4 nitrogen and oxygen atoms in total. The summed E-state index contributed by atoms with van der Waals surface area (Å²) in [5.41, 5.74) is 0.581. The quantitative estimate of drug-likeness (QED) is 0.585. The minimum absolute atomic E-state index is 0.00231. The van der Waals surface area contributed by atoms with E-state index in [9.17, 15) is 13.2 Å². The van der Waals surface area contributed by atoms with E-state index in [0.717, 1.165) is 0 Å². The number of hydrogen-bond acceptors (Lipinski definition) is 4. The average Bonchev–Trinajstić information content (AvgIpc) is 2.37. The third-order valence-electron chi connectivity index (χ3n) is 2.13. The standard InChI is InChI=1S/C9H7NO3S2/c1-5(14)6-3-2-4-7-8(6)15(12,13)10-9(7)11/h2-4H,1H3,(H,10,11). The Balaban J connectivity index is 2.87. The number of amides is 1. The van der Waals surface area contributed by atoms with E-state index >= 15 is 0 Å². The third kappa shape index (κ3) is 1.46. The molecule has 1 amide bonds. The number of fused-ring (bicyclic) bond motifs is 1. The van der Waals surface area contributed by atoms with Crippen LogP contribution in [-0.4, -0.2) is 19.2 Å². The van der Waals surface area contributed by atoms with Crippen LogP contribution in [0.1, 0.15) is 22.8 Å². The molecule has 78 valence electrons. The molecule has 0 aromatic heterocycles. The van der Waals surface area contributed by atoms with Gasteiger partial charge in [-0.15, -0.1) is 0 Å². The van der Waals surface area contributed by atoms with Crippen molar-refractivity contribution in [1.29, 1.82) is 0 Å². The molecule has 0 atom stereocenters. The van der Waals surface area contributed by atoms with E-state index in [1.54, 1.807) is 19.1 Å². The van der Waals surface area contributed by atoms with E-state index in [0.29, 0.717) is 10.4 Å². The lowest BCUT2D eigenvalue weighted by atomic mass is 10.1. The summed E-state index contributed by atoms with van der Waals surface area (Å²) in [6.45, 7) is 1.63. The van der Waals surface area contributed by atoms with Gasteiger partial charge in [0.1, 0.15) is 4.90 Å². The number of thiocarbonyl (C=S) groups is 1. The van der Waals surface area contributed by atoms with Crippen molar-refractivity contribution in [3.8, 4) is 0 Å². The van der Waals surface area contributed by atoms with Crippen molar-refractivity contribution < 1.29 is 13.2 Å². The fourth-order valence-electron chi connectivity index (χ4n) is 1.51. The van der Waals surface area contributed by atoms with Crippen molar-refractivity contribution in [2.75, 3.05) is 0 Å². The second kappa shape index (κ2) is 3.11. The molecule has 1 N–H and O–H groups in total. The summed E-state index contributed by atoms with van der Waals surface area (Å²) in [5.74, 6) is -0.594. The summed E-state index contributed by atoms with van der Waals surface area (Å²) >= 11 is 4.94. The van der Waals surface area contributed by atoms with E-state index < -0.39 is 15.9 Å². The van der Waals surface area contributed by atoms with E-state index in [2.05, 4.69) is 0 Å². The highest BCUT2D eigenvalue weighted by molar-refractivity contribution is 7.91. The largest absolute Gasteiger partial charge is 0.268 e. The zero-order valence-electron chi connectivity index (χ0n) is 7.77. The van der Waals surface area contributed by atoms with Crippen LogP contribution in [0.5, 0.6) is 0 Å². The first-order valence-electron chi connectivity index (χ1n) is 4.14. The molecule has 0 saturated carbocycles. The predicted molar refractivity (Wildman–Crippen MR) is 58.5 cm³/mol. The molecule has 0 aliphatic carbocycles. The van der Waals surface area contributed by atoms with Gasteiger partial charge in [0.05, 0.1) is 5.56 Å². The summed E-state index contributed by atoms with van der Waals surface area (Å²) in [6, 6.07) is 4.68. The zero-order chi connectivity index (χ0) is 11.2. The molecule has 0 bridgehead atoms. The van der Waals surface area contributed by atoms with Gasteiger partial charge in [-0.1, -0.05) is 24.4 Å². The molecule has 1 aliphatic heterocycles. The third-order valence-corrected chi connectivity index (χ3v) is 3.79. The Hall–Kier alpha value is -1.27. The monoisotopic (exact) mass is 241 g/mol. The molecule has 15 heavy (non-hydrogen) atoms. The molecule has 0 saturated heterocycles. The number of sulfonamides is 1. The van der Waals surface area contributed by atoms with Gasteiger partial charge in [0.15, 0.2) is 0 Å². The fourth-order valence-corrected chi connectivity index (χ4v) is 3.16. The van der Waals surface area contributed by atoms with Crippen molar-refractivity contribution >= 4 is 33.0 Å². The molecule has 6 heteroatoms. The fraction of sp³-hybridized carbons (Fsp3) is 0.111. The van der Waals surface area contributed by atoms with Gasteiger partial charge in [-0.05, 0) is 13.0 Å². The van der Waals surface area contributed by atoms with Crippen LogP contribution in [0, 0.1) is 0 Å². The van der Waals surface area contributed by atoms with Gasteiger partial charge >= 0.3 is 0 Å². The number of hydrogen-bond donors (Lipinski definition) is 1. The Kier molecular flexibility index (Phi) is 2.13. The highest BCUT2D eigenvalue weighted by Crippen LogP contribution is 2.26. The smallest absolute Gasteiger partial charge is 0.266 e. The highest BCUT2D eigenvalue weighted by atomic mass is 32.2. The van der Waals surface area contributed by atoms with E-state index in [4.69, 9.17) is 12.2 Å². The molecule has 1 aromatic rings. The Labute approximate surface area is 92.4 Å². The Morgan fingerprint density at radius 1 is 1.40 bits per heavy atom. The molecule has 0 unspecified atom stereocenters. The number of rotatable bonds is 1. The molecule has 0 radical (unpaired) electrons. The molecular weight excluding hydrogens is 234 g/mol. The Morgan fingerprint density at radius 3 is 2.67 bits per heavy atom. The molecule has 1 aliphatic rings. The van der Waals surface area contributed by atoms with E-state index in [1.807, 2.05) is 4.72 Å². The van der Waals surface area contributed by atoms with Gasteiger partial charge in [-0.3, -0.25) is 4.79 Å². The number of nitrogens with one attached hydrogen (secondary N) is 1. The van der Waals surface area contributed by atoms with Gasteiger partial charge in [-0.2, -0.15) is 0 Å². The van der Waals surface area contributed by atoms with Crippen LogP contribution >= 0.6 is 12.2 Å². The number of carbonyl (C=O) groups excluding carboxylic acids is 1. The van der Waals surface area contributed by atoms with Crippen LogP contribution in [0.3, 0.4) is 0 Å². The van der Waals surface area contributed by atoms with Gasteiger partial charge in [-0.25, -0.2) is 13.1 Å². The molecule has 1 aromatic carbocycles. The van der Waals surface area contributed by atoms with Crippen LogP contribution in [0.2, 0.25) is 0 Å². The molecule has 2 rings (SSSR count). The van der Waals surface area contributed by atoms with Crippen LogP contribution in [0.25, 0.3) is 0 Å². The summed E-state index contributed by atoms with van der Waals surface area (Å²) in [6.07, 6.45) is 0. The maximum absolute atomic E-state index is 11.6. The lowest BCUT2D eigenvalue weighted by Gasteiger charge is -2.03. The second-order valence-corrected chi connectivity index (χ2v) is 5.40. The predicted octanol–water partition coefficient (Wildman–Crippen LogP) is 0.857. The first-order valence-corrected chi connectivity index (χ1v) is 6.04. The first kappa shape index (κ1) is 10.3. The van der Waals surface area contributed by atoms with Gasteiger partial charge < -0.3 is 0 Å². The number of benzene rings is 1. The maximum atomic E-state index is 11.6. The van der Waals surface area contributed by atoms with Crippen LogP contribution in [0.15, 0.2) is 23.1 Å². The van der Waals surface area contributed by atoms with Gasteiger partial charge in [0.25, 0.3) is 15.9 Å². The molecule has 0 spiro atoms. The van der Waals surface area contributed by atoms with Gasteiger partial charge in [0.2, 0.25) is 0 Å². The van der Waals surface area contributed by atoms with Crippen molar-refractivity contribution in [2.24, 2.45) is 0 Å². The molecule has 1 heterocycles. The topological polar surface area (TPSA) is 63.2 Å². The first-order chi connectivity index (χ1) is 6.93. The average molecular weight is 241 g/mol. The summed E-state index contributed by atoms with van der Waals surface area (Å²) in [5, 5.41) is 0. The lowest BCUT2D eigenvalue weighted by molar-refractivity contribution is 0.0985. The summed E-state index contributed by atoms with van der Waals surface area (Å²) in [7, 11) is -3.72. The summed E-state index contributed by atoms with van der Waals surface area (Å²) < 4.78 is 25.1. The van der Waals surface area contributed by atoms with Gasteiger partial charge in [0, 0.05) is 10.4 Å². The van der Waals surface area contributed by atoms with Crippen molar-refractivity contribution in [2.45, 2.75) is 11.8 Å². The molecular formula is C9H7NO3S2. The van der Waals surface area contributed by atoms with Crippen LogP contribution in [0.4, 0.5) is 0 Å². The highest BCUT2D eigenvalue weighted by Gasteiger charge is 2.34. The zero-order valence-corrected chi connectivity index (χ0v) is 9.41. The van der Waals surface area contributed by atoms with Crippen LogP contribution < -0.4 is 4.72 Å². The lowest BCUT2D eigenvalue weighted by Crippen LogP contribution is -2.21. The Morgan fingerprint density at radius 2 is 2.07 bits per heavy atom. The second-order valence-electron chi connectivity index (χ2n) is 3.17. The maximum Gasteiger partial charge on any atom is 0.266 e. The minimum Gasteiger partial charge on any atom is -0.268 e. The van der Waals surface area contributed by atoms with Crippen molar-refractivity contribution in [3.63, 3.8) is 0 Å². The van der Waals surface area contributed by atoms with Crippen molar-refractivity contribution in [1.82, 2.24) is 4.72 Å².